The number of hydrogen-bond acceptors (Lipinski definition) is 3. The Morgan fingerprint density at radius 2 is 2.00 bits per heavy atom. The van der Waals surface area contributed by atoms with Crippen LogP contribution in [0.3, 0.4) is 0 Å². The predicted molar refractivity (Wildman–Crippen MR) is 64.0 cm³/mol. The average molecular weight is 240 g/mol. The van der Waals surface area contributed by atoms with Crippen LogP contribution in [0.5, 0.6) is 0 Å². The molecule has 1 aromatic heterocycles. The summed E-state index contributed by atoms with van der Waals surface area (Å²) in [7, 11) is 0. The average Bonchev–Trinajstić information content (AvgIpc) is 2.64. The molecule has 0 aliphatic heterocycles. The highest BCUT2D eigenvalue weighted by Crippen LogP contribution is 2.17. The second-order valence-corrected chi connectivity index (χ2v) is 5.66. The Morgan fingerprint density at radius 3 is 2.50 bits per heavy atom. The molecule has 0 spiro atoms. The molecular formula is C11H16N2O2S. The van der Waals surface area contributed by atoms with E-state index >= 15 is 0 Å². The third-order valence-corrected chi connectivity index (χ3v) is 2.62. The maximum absolute atomic E-state index is 11.5. The van der Waals surface area contributed by atoms with Gasteiger partial charge in [-0.05, 0) is 16.9 Å². The first-order valence-electron chi connectivity index (χ1n) is 5.01. The van der Waals surface area contributed by atoms with E-state index in [0.29, 0.717) is 11.3 Å². The normalized spacial score (nSPS) is 10.9. The van der Waals surface area contributed by atoms with E-state index in [4.69, 9.17) is 0 Å². The molecule has 2 amide bonds. The molecule has 0 saturated carbocycles. The van der Waals surface area contributed by atoms with Gasteiger partial charge in [0.1, 0.15) is 0 Å². The van der Waals surface area contributed by atoms with Crippen LogP contribution in [0.1, 0.15) is 36.9 Å². The fraction of sp³-hybridized carbons (Fsp3) is 0.455. The summed E-state index contributed by atoms with van der Waals surface area (Å²) in [4.78, 5) is 23.5. The minimum atomic E-state index is -0.280. The van der Waals surface area contributed by atoms with Gasteiger partial charge in [-0.15, -0.1) is 11.3 Å². The van der Waals surface area contributed by atoms with Gasteiger partial charge in [-0.1, -0.05) is 26.8 Å². The molecule has 1 heterocycles. The lowest BCUT2D eigenvalue weighted by atomic mass is 9.92. The Morgan fingerprint density at radius 1 is 1.31 bits per heavy atom. The summed E-state index contributed by atoms with van der Waals surface area (Å²) in [5.41, 5.74) is 4.69. The number of nitrogens with one attached hydrogen (secondary N) is 2. The first kappa shape index (κ1) is 12.7. The van der Waals surface area contributed by atoms with Gasteiger partial charge in [-0.2, -0.15) is 0 Å². The molecule has 0 bridgehead atoms. The van der Waals surface area contributed by atoms with Crippen molar-refractivity contribution in [1.29, 1.82) is 0 Å². The first-order valence-corrected chi connectivity index (χ1v) is 5.89. The Bertz CT molecular complexity index is 366. The summed E-state index contributed by atoms with van der Waals surface area (Å²) in [6.07, 6.45) is 0.373. The van der Waals surface area contributed by atoms with Crippen molar-refractivity contribution >= 4 is 23.2 Å². The summed E-state index contributed by atoms with van der Waals surface area (Å²) in [6, 6.07) is 3.49. The lowest BCUT2D eigenvalue weighted by molar-refractivity contribution is -0.123. The number of hydrogen-bond donors (Lipinski definition) is 2. The molecule has 0 aromatic carbocycles. The van der Waals surface area contributed by atoms with Gasteiger partial charge < -0.3 is 0 Å². The highest BCUT2D eigenvalue weighted by molar-refractivity contribution is 7.12. The van der Waals surface area contributed by atoms with Gasteiger partial charge in [0.05, 0.1) is 4.88 Å². The molecule has 5 heteroatoms. The molecule has 0 radical (unpaired) electrons. The summed E-state index contributed by atoms with van der Waals surface area (Å²) in [5, 5.41) is 1.81. The molecule has 88 valence electrons. The fourth-order valence-electron chi connectivity index (χ4n) is 1.12. The molecule has 0 fully saturated rings. The van der Waals surface area contributed by atoms with E-state index in [1.165, 1.54) is 11.3 Å². The highest BCUT2D eigenvalue weighted by Gasteiger charge is 2.16. The van der Waals surface area contributed by atoms with E-state index in [1.807, 2.05) is 26.2 Å². The van der Waals surface area contributed by atoms with E-state index in [2.05, 4.69) is 10.9 Å². The van der Waals surface area contributed by atoms with E-state index in [1.54, 1.807) is 12.1 Å². The van der Waals surface area contributed by atoms with E-state index in [9.17, 15) is 9.59 Å². The number of rotatable bonds is 2. The van der Waals surface area contributed by atoms with Gasteiger partial charge in [-0.3, -0.25) is 20.4 Å². The molecule has 0 aliphatic rings. The molecule has 16 heavy (non-hydrogen) atoms. The first-order chi connectivity index (χ1) is 7.38. The number of hydrazine groups is 1. The number of amides is 2. The van der Waals surface area contributed by atoms with E-state index < -0.39 is 0 Å². The fourth-order valence-corrected chi connectivity index (χ4v) is 1.74. The summed E-state index contributed by atoms with van der Waals surface area (Å²) in [6.45, 7) is 5.90. The zero-order valence-corrected chi connectivity index (χ0v) is 10.5. The van der Waals surface area contributed by atoms with Gasteiger partial charge in [0.25, 0.3) is 5.91 Å². The van der Waals surface area contributed by atoms with Crippen molar-refractivity contribution in [3.63, 3.8) is 0 Å². The second kappa shape index (κ2) is 5.12. The molecule has 1 rings (SSSR count). The van der Waals surface area contributed by atoms with Crippen molar-refractivity contribution < 1.29 is 9.59 Å². The standard InChI is InChI=1S/C11H16N2O2S/c1-11(2,3)7-9(14)12-13-10(15)8-5-4-6-16-8/h4-6H,7H2,1-3H3,(H,12,14)(H,13,15). The highest BCUT2D eigenvalue weighted by atomic mass is 32.1. The van der Waals surface area contributed by atoms with Crippen molar-refractivity contribution in [3.8, 4) is 0 Å². The molecule has 0 saturated heterocycles. The number of thiophene rings is 1. The van der Waals surface area contributed by atoms with Crippen molar-refractivity contribution in [2.45, 2.75) is 27.2 Å². The number of carbonyl (C=O) groups excluding carboxylic acids is 2. The minimum absolute atomic E-state index is 0.0856. The van der Waals surface area contributed by atoms with Crippen LogP contribution >= 0.6 is 11.3 Å². The SMILES string of the molecule is CC(C)(C)CC(=O)NNC(=O)c1cccs1. The van der Waals surface area contributed by atoms with Gasteiger partial charge in [-0.25, -0.2) is 0 Å². The zero-order chi connectivity index (χ0) is 12.2. The maximum atomic E-state index is 11.5. The quantitative estimate of drug-likeness (QED) is 0.776. The topological polar surface area (TPSA) is 58.2 Å². The maximum Gasteiger partial charge on any atom is 0.279 e. The van der Waals surface area contributed by atoms with Gasteiger partial charge in [0.15, 0.2) is 0 Å². The van der Waals surface area contributed by atoms with Gasteiger partial charge >= 0.3 is 0 Å². The van der Waals surface area contributed by atoms with Crippen LogP contribution in [-0.4, -0.2) is 11.8 Å². The summed E-state index contributed by atoms with van der Waals surface area (Å²) < 4.78 is 0. The molecule has 0 atom stereocenters. The van der Waals surface area contributed by atoms with Crippen LogP contribution in [0.15, 0.2) is 17.5 Å². The number of carbonyl (C=O) groups is 2. The molecular weight excluding hydrogens is 224 g/mol. The lowest BCUT2D eigenvalue weighted by Gasteiger charge is -2.17. The summed E-state index contributed by atoms with van der Waals surface area (Å²) in [5.74, 6) is -0.463. The van der Waals surface area contributed by atoms with Crippen LogP contribution in [0.4, 0.5) is 0 Å². The third kappa shape index (κ3) is 4.44. The van der Waals surface area contributed by atoms with E-state index in [-0.39, 0.29) is 17.2 Å². The van der Waals surface area contributed by atoms with E-state index in [0.717, 1.165) is 0 Å². The lowest BCUT2D eigenvalue weighted by Crippen LogP contribution is -2.42. The second-order valence-electron chi connectivity index (χ2n) is 4.72. The molecule has 2 N–H and O–H groups in total. The van der Waals surface area contributed by atoms with Crippen molar-refractivity contribution in [2.24, 2.45) is 5.41 Å². The van der Waals surface area contributed by atoms with Crippen LogP contribution < -0.4 is 10.9 Å². The van der Waals surface area contributed by atoms with Crippen LogP contribution in [0.2, 0.25) is 0 Å². The summed E-state index contributed by atoms with van der Waals surface area (Å²) >= 11 is 1.33. The van der Waals surface area contributed by atoms with Gasteiger partial charge in [0, 0.05) is 6.42 Å². The van der Waals surface area contributed by atoms with Crippen LogP contribution in [0, 0.1) is 5.41 Å². The van der Waals surface area contributed by atoms with Crippen molar-refractivity contribution in [3.05, 3.63) is 22.4 Å². The van der Waals surface area contributed by atoms with Crippen molar-refractivity contribution in [2.75, 3.05) is 0 Å². The largest absolute Gasteiger partial charge is 0.279 e. The Labute approximate surface area is 99.0 Å². The van der Waals surface area contributed by atoms with Gasteiger partial charge in [0.2, 0.25) is 5.91 Å². The minimum Gasteiger partial charge on any atom is -0.273 e. The molecule has 4 nitrogen and oxygen atoms in total. The smallest absolute Gasteiger partial charge is 0.273 e. The monoisotopic (exact) mass is 240 g/mol. The van der Waals surface area contributed by atoms with Crippen molar-refractivity contribution in [1.82, 2.24) is 10.9 Å². The van der Waals surface area contributed by atoms with Crippen LogP contribution in [-0.2, 0) is 4.79 Å². The van der Waals surface area contributed by atoms with Crippen LogP contribution in [0.25, 0.3) is 0 Å². The molecule has 1 aromatic rings. The molecule has 0 aliphatic carbocycles. The third-order valence-electron chi connectivity index (χ3n) is 1.75. The zero-order valence-electron chi connectivity index (χ0n) is 9.66. The Hall–Kier alpha value is -1.36. The molecule has 0 unspecified atom stereocenters. The Kier molecular flexibility index (Phi) is 4.06. The predicted octanol–water partition coefficient (Wildman–Crippen LogP) is 1.95. The Balaban J connectivity index is 2.35.